The molecule has 3 aliphatic rings. The third-order valence-electron chi connectivity index (χ3n) is 4.95. The SMILES string of the molecule is C1CNC(C2CCN(C3CCOCC3)CC2)C1.Cl. The van der Waals surface area contributed by atoms with Crippen molar-refractivity contribution in [3.05, 3.63) is 0 Å². The highest BCUT2D eigenvalue weighted by Gasteiger charge is 2.31. The Morgan fingerprint density at radius 1 is 0.944 bits per heavy atom. The van der Waals surface area contributed by atoms with E-state index in [0.717, 1.165) is 31.2 Å². The Balaban J connectivity index is 0.00000120. The van der Waals surface area contributed by atoms with E-state index in [2.05, 4.69) is 10.2 Å². The molecular formula is C14H27ClN2O. The van der Waals surface area contributed by atoms with Crippen LogP contribution in [0.1, 0.15) is 38.5 Å². The second kappa shape index (κ2) is 7.09. The lowest BCUT2D eigenvalue weighted by molar-refractivity contribution is 0.0188. The van der Waals surface area contributed by atoms with Gasteiger partial charge in [-0.2, -0.15) is 0 Å². The van der Waals surface area contributed by atoms with Crippen molar-refractivity contribution in [3.8, 4) is 0 Å². The van der Waals surface area contributed by atoms with Crippen molar-refractivity contribution in [3.63, 3.8) is 0 Å². The Hall–Kier alpha value is 0.170. The van der Waals surface area contributed by atoms with Crippen LogP contribution < -0.4 is 5.32 Å². The highest BCUT2D eigenvalue weighted by molar-refractivity contribution is 5.85. The number of hydrogen-bond donors (Lipinski definition) is 1. The molecule has 1 N–H and O–H groups in total. The Bertz CT molecular complexity index is 232. The molecule has 0 aromatic rings. The molecule has 106 valence electrons. The standard InChI is InChI=1S/C14H26N2O.ClH/c1-2-14(15-7-1)12-3-8-16(9-4-12)13-5-10-17-11-6-13;/h12-15H,1-11H2;1H. The highest BCUT2D eigenvalue weighted by Crippen LogP contribution is 2.28. The maximum absolute atomic E-state index is 5.46. The largest absolute Gasteiger partial charge is 0.381 e. The summed E-state index contributed by atoms with van der Waals surface area (Å²) in [5, 5.41) is 3.68. The lowest BCUT2D eigenvalue weighted by atomic mass is 9.87. The lowest BCUT2D eigenvalue weighted by Crippen LogP contribution is -2.46. The first-order valence-electron chi connectivity index (χ1n) is 7.48. The molecular weight excluding hydrogens is 248 g/mol. The van der Waals surface area contributed by atoms with Gasteiger partial charge in [-0.3, -0.25) is 0 Å². The number of halogens is 1. The molecule has 0 spiro atoms. The molecule has 4 heteroatoms. The van der Waals surface area contributed by atoms with E-state index >= 15 is 0 Å². The van der Waals surface area contributed by atoms with Gasteiger partial charge in [-0.05, 0) is 64.1 Å². The van der Waals surface area contributed by atoms with Gasteiger partial charge in [0.25, 0.3) is 0 Å². The van der Waals surface area contributed by atoms with Crippen LogP contribution in [0.5, 0.6) is 0 Å². The molecule has 18 heavy (non-hydrogen) atoms. The summed E-state index contributed by atoms with van der Waals surface area (Å²) in [6.07, 6.45) is 8.15. The van der Waals surface area contributed by atoms with Crippen LogP contribution >= 0.6 is 12.4 Å². The van der Waals surface area contributed by atoms with E-state index in [4.69, 9.17) is 4.74 Å². The number of rotatable bonds is 2. The van der Waals surface area contributed by atoms with Gasteiger partial charge < -0.3 is 15.0 Å². The van der Waals surface area contributed by atoms with Crippen molar-refractivity contribution >= 4 is 12.4 Å². The number of piperidine rings is 1. The van der Waals surface area contributed by atoms with E-state index in [9.17, 15) is 0 Å². The Labute approximate surface area is 117 Å². The predicted molar refractivity (Wildman–Crippen MR) is 76.4 cm³/mol. The summed E-state index contributed by atoms with van der Waals surface area (Å²) < 4.78 is 5.46. The van der Waals surface area contributed by atoms with Crippen LogP contribution in [-0.2, 0) is 4.74 Å². The number of hydrogen-bond acceptors (Lipinski definition) is 3. The van der Waals surface area contributed by atoms with Gasteiger partial charge in [0.15, 0.2) is 0 Å². The molecule has 0 bridgehead atoms. The summed E-state index contributed by atoms with van der Waals surface area (Å²) in [6.45, 7) is 5.87. The molecule has 0 aromatic carbocycles. The first-order chi connectivity index (χ1) is 8.43. The highest BCUT2D eigenvalue weighted by atomic mass is 35.5. The van der Waals surface area contributed by atoms with Gasteiger partial charge in [0.05, 0.1) is 0 Å². The Morgan fingerprint density at radius 2 is 1.67 bits per heavy atom. The molecule has 3 heterocycles. The van der Waals surface area contributed by atoms with E-state index in [1.807, 2.05) is 0 Å². The summed E-state index contributed by atoms with van der Waals surface area (Å²) in [5.74, 6) is 0.952. The first kappa shape index (κ1) is 14.6. The quantitative estimate of drug-likeness (QED) is 0.834. The number of nitrogens with one attached hydrogen (secondary N) is 1. The van der Waals surface area contributed by atoms with Gasteiger partial charge in [-0.15, -0.1) is 12.4 Å². The van der Waals surface area contributed by atoms with Crippen molar-refractivity contribution in [1.29, 1.82) is 0 Å². The summed E-state index contributed by atoms with van der Waals surface area (Å²) in [5.41, 5.74) is 0. The second-order valence-electron chi connectivity index (χ2n) is 5.92. The Kier molecular flexibility index (Phi) is 5.74. The molecule has 3 nitrogen and oxygen atoms in total. The molecule has 3 rings (SSSR count). The molecule has 3 aliphatic heterocycles. The summed E-state index contributed by atoms with van der Waals surface area (Å²) in [7, 11) is 0. The van der Waals surface area contributed by atoms with E-state index in [1.165, 1.54) is 58.2 Å². The molecule has 0 saturated carbocycles. The number of likely N-dealkylation sites (tertiary alicyclic amines) is 1. The van der Waals surface area contributed by atoms with Crippen molar-refractivity contribution in [2.75, 3.05) is 32.8 Å². The van der Waals surface area contributed by atoms with Crippen LogP contribution in [0.15, 0.2) is 0 Å². The maximum atomic E-state index is 5.46. The topological polar surface area (TPSA) is 24.5 Å². The molecule has 3 saturated heterocycles. The van der Waals surface area contributed by atoms with Crippen molar-refractivity contribution in [2.45, 2.75) is 50.6 Å². The zero-order valence-corrected chi connectivity index (χ0v) is 12.1. The number of nitrogens with zero attached hydrogens (tertiary/aromatic N) is 1. The molecule has 0 amide bonds. The predicted octanol–water partition coefficient (Wildman–Crippen LogP) is 2.05. The summed E-state index contributed by atoms with van der Waals surface area (Å²) >= 11 is 0. The average molecular weight is 275 g/mol. The second-order valence-corrected chi connectivity index (χ2v) is 5.92. The average Bonchev–Trinajstić information content (AvgIpc) is 2.94. The van der Waals surface area contributed by atoms with Gasteiger partial charge >= 0.3 is 0 Å². The molecule has 3 fully saturated rings. The zero-order chi connectivity index (χ0) is 11.5. The van der Waals surface area contributed by atoms with Crippen LogP contribution in [0.3, 0.4) is 0 Å². The van der Waals surface area contributed by atoms with E-state index in [0.29, 0.717) is 0 Å². The maximum Gasteiger partial charge on any atom is 0.0480 e. The van der Waals surface area contributed by atoms with Gasteiger partial charge in [0.1, 0.15) is 0 Å². The Morgan fingerprint density at radius 3 is 2.28 bits per heavy atom. The molecule has 1 atom stereocenters. The van der Waals surface area contributed by atoms with Gasteiger partial charge in [0.2, 0.25) is 0 Å². The zero-order valence-electron chi connectivity index (χ0n) is 11.3. The minimum Gasteiger partial charge on any atom is -0.381 e. The van der Waals surface area contributed by atoms with E-state index < -0.39 is 0 Å². The van der Waals surface area contributed by atoms with Gasteiger partial charge in [-0.1, -0.05) is 0 Å². The summed E-state index contributed by atoms with van der Waals surface area (Å²) in [4.78, 5) is 2.73. The first-order valence-corrected chi connectivity index (χ1v) is 7.48. The fourth-order valence-corrected chi connectivity index (χ4v) is 3.85. The molecule has 1 unspecified atom stereocenters. The fraction of sp³-hybridized carbons (Fsp3) is 1.00. The minimum absolute atomic E-state index is 0. The summed E-state index contributed by atoms with van der Waals surface area (Å²) in [6, 6.07) is 1.66. The molecule has 0 aromatic heterocycles. The molecule has 0 aliphatic carbocycles. The third-order valence-corrected chi connectivity index (χ3v) is 4.95. The third kappa shape index (κ3) is 3.38. The normalized spacial score (nSPS) is 32.3. The van der Waals surface area contributed by atoms with Crippen molar-refractivity contribution in [1.82, 2.24) is 10.2 Å². The monoisotopic (exact) mass is 274 g/mol. The van der Waals surface area contributed by atoms with Crippen LogP contribution in [0.2, 0.25) is 0 Å². The van der Waals surface area contributed by atoms with E-state index in [-0.39, 0.29) is 12.4 Å². The van der Waals surface area contributed by atoms with Crippen LogP contribution in [0, 0.1) is 5.92 Å². The van der Waals surface area contributed by atoms with Crippen LogP contribution in [-0.4, -0.2) is 49.8 Å². The van der Waals surface area contributed by atoms with Gasteiger partial charge in [0, 0.05) is 25.3 Å². The van der Waals surface area contributed by atoms with Crippen molar-refractivity contribution < 1.29 is 4.74 Å². The smallest absolute Gasteiger partial charge is 0.0480 e. The lowest BCUT2D eigenvalue weighted by Gasteiger charge is -2.40. The molecule has 0 radical (unpaired) electrons. The van der Waals surface area contributed by atoms with E-state index in [1.54, 1.807) is 0 Å². The van der Waals surface area contributed by atoms with Gasteiger partial charge in [-0.25, -0.2) is 0 Å². The van der Waals surface area contributed by atoms with Crippen molar-refractivity contribution in [2.24, 2.45) is 5.92 Å². The van der Waals surface area contributed by atoms with Crippen LogP contribution in [0.4, 0.5) is 0 Å². The minimum atomic E-state index is 0. The number of ether oxygens (including phenoxy) is 1. The fourth-order valence-electron chi connectivity index (χ4n) is 3.85. The van der Waals surface area contributed by atoms with Crippen LogP contribution in [0.25, 0.3) is 0 Å².